The van der Waals surface area contributed by atoms with E-state index in [9.17, 15) is 9.59 Å². The summed E-state index contributed by atoms with van der Waals surface area (Å²) in [7, 11) is 0. The highest BCUT2D eigenvalue weighted by Gasteiger charge is 2.13. The molecule has 0 aromatic carbocycles. The second-order valence-corrected chi connectivity index (χ2v) is 2.78. The minimum Gasteiger partial charge on any atom is -0.462 e. The number of rotatable bonds is 4. The van der Waals surface area contributed by atoms with Crippen molar-refractivity contribution >= 4 is 18.2 Å². The Morgan fingerprint density at radius 1 is 1.71 bits per heavy atom. The van der Waals surface area contributed by atoms with Gasteiger partial charge in [0.25, 0.3) is 5.91 Å². The lowest BCUT2D eigenvalue weighted by molar-refractivity contribution is -0.138. The highest BCUT2D eigenvalue weighted by molar-refractivity contribution is 6.08. The predicted molar refractivity (Wildman–Crippen MR) is 50.6 cm³/mol. The van der Waals surface area contributed by atoms with Crippen molar-refractivity contribution in [3.63, 3.8) is 0 Å². The average Bonchev–Trinajstić information content (AvgIpc) is 2.52. The van der Waals surface area contributed by atoms with E-state index in [1.165, 1.54) is 6.34 Å². The van der Waals surface area contributed by atoms with Crippen molar-refractivity contribution in [2.45, 2.75) is 19.8 Å². The number of aliphatic imine (C=N–C) groups is 1. The van der Waals surface area contributed by atoms with E-state index in [4.69, 9.17) is 4.74 Å². The Labute approximate surface area is 81.8 Å². The predicted octanol–water partition coefficient (Wildman–Crippen LogP) is 0.372. The van der Waals surface area contributed by atoms with Gasteiger partial charge in [0, 0.05) is 0 Å². The average molecular weight is 196 g/mol. The number of hydrogen-bond donors (Lipinski definition) is 1. The third-order valence-corrected chi connectivity index (χ3v) is 1.63. The van der Waals surface area contributed by atoms with Gasteiger partial charge in [0.15, 0.2) is 0 Å². The summed E-state index contributed by atoms with van der Waals surface area (Å²) in [6.07, 6.45) is 4.12. The maximum absolute atomic E-state index is 11.1. The highest BCUT2D eigenvalue weighted by atomic mass is 16.5. The van der Waals surface area contributed by atoms with Crippen molar-refractivity contribution in [3.05, 3.63) is 11.8 Å². The molecule has 1 amide bonds. The molecule has 0 fully saturated rings. The molecule has 0 atom stereocenters. The van der Waals surface area contributed by atoms with Crippen LogP contribution in [-0.4, -0.2) is 24.8 Å². The Kier molecular flexibility index (Phi) is 3.84. The van der Waals surface area contributed by atoms with E-state index in [1.54, 1.807) is 0 Å². The molecule has 1 aliphatic heterocycles. The molecule has 0 saturated carbocycles. The van der Waals surface area contributed by atoms with Gasteiger partial charge in [-0.05, 0) is 6.42 Å². The molecule has 1 N–H and O–H groups in total. The third-order valence-electron chi connectivity index (χ3n) is 1.63. The molecule has 0 aliphatic carbocycles. The fourth-order valence-electron chi connectivity index (χ4n) is 0.866. The first kappa shape index (κ1) is 10.4. The summed E-state index contributed by atoms with van der Waals surface area (Å²) in [6.45, 7) is 2.38. The SMILES string of the molecule is CCCCOC(=O)C=C1N=CNC1=O. The Bertz CT molecular complexity index is 294. The number of unbranched alkanes of at least 4 members (excludes halogenated alkanes) is 1. The van der Waals surface area contributed by atoms with Crippen LogP contribution in [0, 0.1) is 0 Å². The van der Waals surface area contributed by atoms with Gasteiger partial charge in [-0.2, -0.15) is 0 Å². The monoisotopic (exact) mass is 196 g/mol. The van der Waals surface area contributed by atoms with Gasteiger partial charge in [0.2, 0.25) is 0 Å². The van der Waals surface area contributed by atoms with Gasteiger partial charge in [-0.1, -0.05) is 13.3 Å². The molecule has 0 aromatic rings. The standard InChI is InChI=1S/C9H12N2O3/c1-2-3-4-14-8(12)5-7-9(13)11-6-10-7/h5-6H,2-4H2,1H3,(H,10,11,13). The lowest BCUT2D eigenvalue weighted by Gasteiger charge is -1.99. The number of carbonyl (C=O) groups is 2. The van der Waals surface area contributed by atoms with Crippen LogP contribution in [0.2, 0.25) is 0 Å². The molecule has 76 valence electrons. The zero-order chi connectivity index (χ0) is 10.4. The fourth-order valence-corrected chi connectivity index (χ4v) is 0.866. The largest absolute Gasteiger partial charge is 0.462 e. The Morgan fingerprint density at radius 3 is 3.07 bits per heavy atom. The lowest BCUT2D eigenvalue weighted by Crippen LogP contribution is -2.16. The molecule has 5 nitrogen and oxygen atoms in total. The van der Waals surface area contributed by atoms with Crippen molar-refractivity contribution < 1.29 is 14.3 Å². The van der Waals surface area contributed by atoms with Gasteiger partial charge in [-0.3, -0.25) is 4.79 Å². The number of carbonyl (C=O) groups excluding carboxylic acids is 2. The van der Waals surface area contributed by atoms with Crippen LogP contribution in [0.3, 0.4) is 0 Å². The third kappa shape index (κ3) is 3.01. The summed E-state index contributed by atoms with van der Waals surface area (Å²) in [4.78, 5) is 25.7. The first-order valence-electron chi connectivity index (χ1n) is 4.46. The molecule has 1 aliphatic rings. The zero-order valence-corrected chi connectivity index (χ0v) is 7.95. The van der Waals surface area contributed by atoms with E-state index in [1.807, 2.05) is 6.92 Å². The van der Waals surface area contributed by atoms with Crippen LogP contribution in [-0.2, 0) is 14.3 Å². The number of hydrogen-bond acceptors (Lipinski definition) is 4. The number of nitrogens with zero attached hydrogens (tertiary/aromatic N) is 1. The van der Waals surface area contributed by atoms with Gasteiger partial charge in [-0.25, -0.2) is 9.79 Å². The van der Waals surface area contributed by atoms with E-state index in [0.29, 0.717) is 6.61 Å². The second-order valence-electron chi connectivity index (χ2n) is 2.78. The van der Waals surface area contributed by atoms with Crippen LogP contribution >= 0.6 is 0 Å². The van der Waals surface area contributed by atoms with Gasteiger partial charge >= 0.3 is 5.97 Å². The molecule has 0 unspecified atom stereocenters. The summed E-state index contributed by atoms with van der Waals surface area (Å²) in [5.74, 6) is -0.903. The van der Waals surface area contributed by atoms with Crippen molar-refractivity contribution in [3.8, 4) is 0 Å². The molecule has 1 rings (SSSR count). The minimum atomic E-state index is -0.525. The zero-order valence-electron chi connectivity index (χ0n) is 7.95. The van der Waals surface area contributed by atoms with Crippen LogP contribution in [0.15, 0.2) is 16.8 Å². The number of esters is 1. The van der Waals surface area contributed by atoms with Gasteiger partial charge in [-0.15, -0.1) is 0 Å². The van der Waals surface area contributed by atoms with E-state index >= 15 is 0 Å². The van der Waals surface area contributed by atoms with Gasteiger partial charge in [0.05, 0.1) is 19.0 Å². The fraction of sp³-hybridized carbons (Fsp3) is 0.444. The Morgan fingerprint density at radius 2 is 2.50 bits per heavy atom. The lowest BCUT2D eigenvalue weighted by atomic mass is 10.3. The first-order chi connectivity index (χ1) is 6.74. The summed E-state index contributed by atoms with van der Waals surface area (Å²) in [5, 5.41) is 2.34. The smallest absolute Gasteiger partial charge is 0.333 e. The number of ether oxygens (including phenoxy) is 1. The van der Waals surface area contributed by atoms with Crippen LogP contribution < -0.4 is 5.32 Å². The molecule has 0 saturated heterocycles. The van der Waals surface area contributed by atoms with Crippen LogP contribution in [0.5, 0.6) is 0 Å². The molecule has 5 heteroatoms. The summed E-state index contributed by atoms with van der Waals surface area (Å²) < 4.78 is 4.82. The summed E-state index contributed by atoms with van der Waals surface area (Å²) in [6, 6.07) is 0. The van der Waals surface area contributed by atoms with E-state index in [2.05, 4.69) is 10.3 Å². The van der Waals surface area contributed by atoms with E-state index < -0.39 is 5.97 Å². The van der Waals surface area contributed by atoms with Crippen molar-refractivity contribution in [1.29, 1.82) is 0 Å². The van der Waals surface area contributed by atoms with Crippen LogP contribution in [0.25, 0.3) is 0 Å². The van der Waals surface area contributed by atoms with E-state index in [-0.39, 0.29) is 11.6 Å². The van der Waals surface area contributed by atoms with Crippen molar-refractivity contribution in [2.24, 2.45) is 4.99 Å². The van der Waals surface area contributed by atoms with Crippen molar-refractivity contribution in [2.75, 3.05) is 6.61 Å². The normalized spacial score (nSPS) is 17.2. The Balaban J connectivity index is 2.39. The number of amides is 1. The quantitative estimate of drug-likeness (QED) is 0.401. The molecular weight excluding hydrogens is 184 g/mol. The molecule has 1 heterocycles. The second kappa shape index (κ2) is 5.16. The van der Waals surface area contributed by atoms with Crippen molar-refractivity contribution in [1.82, 2.24) is 5.32 Å². The molecular formula is C9H12N2O3. The first-order valence-corrected chi connectivity index (χ1v) is 4.46. The summed E-state index contributed by atoms with van der Waals surface area (Å²) >= 11 is 0. The van der Waals surface area contributed by atoms with Gasteiger partial charge < -0.3 is 10.1 Å². The number of nitrogens with one attached hydrogen (secondary N) is 1. The molecule has 0 bridgehead atoms. The van der Waals surface area contributed by atoms with Crippen LogP contribution in [0.4, 0.5) is 0 Å². The maximum atomic E-state index is 11.1. The molecule has 0 aromatic heterocycles. The topological polar surface area (TPSA) is 67.8 Å². The molecule has 0 spiro atoms. The highest BCUT2D eigenvalue weighted by Crippen LogP contribution is 2.01. The summed E-state index contributed by atoms with van der Waals surface area (Å²) in [5.41, 5.74) is 0.0894. The van der Waals surface area contributed by atoms with Gasteiger partial charge in [0.1, 0.15) is 5.70 Å². The molecule has 0 radical (unpaired) electrons. The van der Waals surface area contributed by atoms with E-state index in [0.717, 1.165) is 18.9 Å². The Hall–Kier alpha value is -1.65. The molecule has 14 heavy (non-hydrogen) atoms. The minimum absolute atomic E-state index is 0.0894. The van der Waals surface area contributed by atoms with Crippen LogP contribution in [0.1, 0.15) is 19.8 Å². The maximum Gasteiger partial charge on any atom is 0.333 e.